The van der Waals surface area contributed by atoms with Crippen molar-refractivity contribution in [3.05, 3.63) is 76.1 Å². The molecule has 7 nitrogen and oxygen atoms in total. The average molecular weight is 294 g/mol. The van der Waals surface area contributed by atoms with Gasteiger partial charge in [0, 0.05) is 17.7 Å². The Hall–Kier alpha value is -3.35. The van der Waals surface area contributed by atoms with E-state index in [9.17, 15) is 15.3 Å². The van der Waals surface area contributed by atoms with Crippen molar-refractivity contribution in [1.29, 1.82) is 0 Å². The van der Waals surface area contributed by atoms with Gasteiger partial charge in [-0.2, -0.15) is 0 Å². The first-order valence-corrected chi connectivity index (χ1v) is 6.42. The fourth-order valence-corrected chi connectivity index (χ4v) is 2.03. The van der Waals surface area contributed by atoms with Crippen LogP contribution in [0.1, 0.15) is 0 Å². The zero-order valence-electron chi connectivity index (χ0n) is 11.3. The topological polar surface area (TPSA) is 95.9 Å². The van der Waals surface area contributed by atoms with Gasteiger partial charge in [0.2, 0.25) is 0 Å². The van der Waals surface area contributed by atoms with E-state index in [0.717, 1.165) is 0 Å². The summed E-state index contributed by atoms with van der Waals surface area (Å²) >= 11 is 0. The largest absolute Gasteiger partial charge is 0.710 e. The van der Waals surface area contributed by atoms with E-state index >= 15 is 0 Å². The van der Waals surface area contributed by atoms with Crippen LogP contribution in [0.25, 0.3) is 22.6 Å². The van der Waals surface area contributed by atoms with E-state index < -0.39 is 4.92 Å². The number of hydrogen-bond donors (Lipinski definition) is 0. The Morgan fingerprint density at radius 2 is 1.68 bits per heavy atom. The van der Waals surface area contributed by atoms with E-state index in [1.54, 1.807) is 30.3 Å². The molecule has 0 atom stereocenters. The molecule has 108 valence electrons. The molecule has 1 heterocycles. The van der Waals surface area contributed by atoms with Crippen molar-refractivity contribution in [2.75, 3.05) is 0 Å². The van der Waals surface area contributed by atoms with Crippen LogP contribution >= 0.6 is 0 Å². The molecule has 3 rings (SSSR count). The average Bonchev–Trinajstić information content (AvgIpc) is 2.55. The van der Waals surface area contributed by atoms with E-state index in [1.165, 1.54) is 24.4 Å². The normalized spacial score (nSPS) is 10.4. The summed E-state index contributed by atoms with van der Waals surface area (Å²) in [6.07, 6.45) is 1.26. The highest BCUT2D eigenvalue weighted by Gasteiger charge is 2.16. The highest BCUT2D eigenvalue weighted by atomic mass is 16.6. The summed E-state index contributed by atoms with van der Waals surface area (Å²) in [5, 5.41) is 30.8. The van der Waals surface area contributed by atoms with Gasteiger partial charge in [-0.05, 0) is 17.2 Å². The van der Waals surface area contributed by atoms with E-state index in [1.807, 2.05) is 6.07 Å². The number of aromatic nitrogens is 3. The Kier molecular flexibility index (Phi) is 3.45. The van der Waals surface area contributed by atoms with Crippen LogP contribution in [-0.4, -0.2) is 15.1 Å². The van der Waals surface area contributed by atoms with Gasteiger partial charge in [-0.1, -0.05) is 30.3 Å². The molecule has 1 aromatic heterocycles. The number of rotatable bonds is 3. The minimum atomic E-state index is -0.499. The molecule has 0 amide bonds. The highest BCUT2D eigenvalue weighted by molar-refractivity contribution is 5.61. The van der Waals surface area contributed by atoms with Crippen molar-refractivity contribution in [3.8, 4) is 22.6 Å². The molecular formula is C15H10N4O3. The van der Waals surface area contributed by atoms with E-state index in [2.05, 4.69) is 10.2 Å². The number of benzene rings is 2. The third-order valence-corrected chi connectivity index (χ3v) is 3.09. The van der Waals surface area contributed by atoms with Crippen molar-refractivity contribution in [2.45, 2.75) is 0 Å². The van der Waals surface area contributed by atoms with Gasteiger partial charge in [0.05, 0.1) is 15.6 Å². The van der Waals surface area contributed by atoms with Crippen LogP contribution in [0.2, 0.25) is 0 Å². The third-order valence-electron chi connectivity index (χ3n) is 3.09. The summed E-state index contributed by atoms with van der Waals surface area (Å²) in [6.45, 7) is 0. The van der Waals surface area contributed by atoms with E-state index in [0.29, 0.717) is 15.9 Å². The number of non-ortho nitro benzene ring substituents is 1. The maximum Gasteiger partial charge on any atom is 0.360 e. The Balaban J connectivity index is 2.02. The number of hydrogen-bond acceptors (Lipinski definition) is 5. The molecule has 0 saturated carbocycles. The lowest BCUT2D eigenvalue weighted by atomic mass is 10.1. The van der Waals surface area contributed by atoms with Crippen molar-refractivity contribution >= 4 is 5.69 Å². The predicted octanol–water partition coefficient (Wildman–Crippen LogP) is 2.35. The molecule has 0 bridgehead atoms. The summed E-state index contributed by atoms with van der Waals surface area (Å²) in [5.41, 5.74) is 1.32. The fraction of sp³-hybridized carbons (Fsp3) is 0. The van der Waals surface area contributed by atoms with Gasteiger partial charge in [-0.25, -0.2) is 4.73 Å². The second-order valence-electron chi connectivity index (χ2n) is 4.54. The van der Waals surface area contributed by atoms with Gasteiger partial charge in [0.25, 0.3) is 5.69 Å². The van der Waals surface area contributed by atoms with Crippen LogP contribution in [-0.2, 0) is 0 Å². The number of nitro groups is 1. The first-order valence-electron chi connectivity index (χ1n) is 6.42. The Morgan fingerprint density at radius 1 is 0.955 bits per heavy atom. The van der Waals surface area contributed by atoms with Gasteiger partial charge in [0.1, 0.15) is 6.20 Å². The fourth-order valence-electron chi connectivity index (χ4n) is 2.03. The zero-order valence-corrected chi connectivity index (χ0v) is 11.3. The maximum absolute atomic E-state index is 12.1. The molecule has 7 heteroatoms. The molecular weight excluding hydrogens is 284 g/mol. The van der Waals surface area contributed by atoms with Crippen LogP contribution in [0, 0.1) is 15.3 Å². The lowest BCUT2D eigenvalue weighted by molar-refractivity contribution is -0.596. The summed E-state index contributed by atoms with van der Waals surface area (Å²) in [6, 6.07) is 14.8. The van der Waals surface area contributed by atoms with Gasteiger partial charge in [-0.15, -0.1) is 0 Å². The van der Waals surface area contributed by atoms with Crippen LogP contribution in [0.4, 0.5) is 5.69 Å². The smallest absolute Gasteiger partial charge is 0.360 e. The first-order chi connectivity index (χ1) is 10.6. The Labute approximate surface area is 125 Å². The van der Waals surface area contributed by atoms with Gasteiger partial charge in [0.15, 0.2) is 5.69 Å². The van der Waals surface area contributed by atoms with E-state index in [-0.39, 0.29) is 17.2 Å². The van der Waals surface area contributed by atoms with Crippen molar-refractivity contribution in [3.63, 3.8) is 0 Å². The molecule has 0 spiro atoms. The van der Waals surface area contributed by atoms with E-state index in [4.69, 9.17) is 0 Å². The first kappa shape index (κ1) is 13.6. The second kappa shape index (κ2) is 5.57. The summed E-state index contributed by atoms with van der Waals surface area (Å²) < 4.78 is 0.608. The highest BCUT2D eigenvalue weighted by Crippen LogP contribution is 2.21. The minimum absolute atomic E-state index is 0.0658. The van der Waals surface area contributed by atoms with Crippen LogP contribution < -0.4 is 4.73 Å². The summed E-state index contributed by atoms with van der Waals surface area (Å²) in [4.78, 5) is 10.3. The number of nitrogens with zero attached hydrogens (tertiary/aromatic N) is 4. The Morgan fingerprint density at radius 3 is 2.36 bits per heavy atom. The molecule has 0 saturated heterocycles. The van der Waals surface area contributed by atoms with Crippen LogP contribution in [0.3, 0.4) is 0 Å². The molecule has 0 radical (unpaired) electrons. The molecule has 0 aliphatic heterocycles. The quantitative estimate of drug-likeness (QED) is 0.320. The lowest BCUT2D eigenvalue weighted by Crippen LogP contribution is -2.31. The van der Waals surface area contributed by atoms with Crippen LogP contribution in [0.15, 0.2) is 60.8 Å². The number of nitro benzene ring substituents is 1. The SMILES string of the molecule is O=[N+]([O-])c1cccc(-c2c[n+]([O-])c(-c3ccccc3)nn2)c1. The minimum Gasteiger partial charge on any atom is -0.710 e. The lowest BCUT2D eigenvalue weighted by Gasteiger charge is -2.06. The molecule has 3 aromatic rings. The van der Waals surface area contributed by atoms with Crippen molar-refractivity contribution in [1.82, 2.24) is 10.2 Å². The summed E-state index contributed by atoms with van der Waals surface area (Å²) in [5.74, 6) is 0.176. The second-order valence-corrected chi connectivity index (χ2v) is 4.54. The Bertz CT molecular complexity index is 837. The summed E-state index contributed by atoms with van der Waals surface area (Å²) in [7, 11) is 0. The monoisotopic (exact) mass is 294 g/mol. The molecule has 0 N–H and O–H groups in total. The molecule has 22 heavy (non-hydrogen) atoms. The zero-order chi connectivity index (χ0) is 15.5. The van der Waals surface area contributed by atoms with Crippen molar-refractivity contribution in [2.24, 2.45) is 0 Å². The van der Waals surface area contributed by atoms with Crippen molar-refractivity contribution < 1.29 is 9.65 Å². The molecule has 0 aliphatic carbocycles. The standard InChI is InChI=1S/C15H10N4O3/c20-18-10-14(12-7-4-8-13(9-12)19(21)22)16-17-15(18)11-5-2-1-3-6-11/h1-10H. The maximum atomic E-state index is 12.1. The molecule has 0 unspecified atom stereocenters. The van der Waals surface area contributed by atoms with Gasteiger partial charge < -0.3 is 5.21 Å². The third kappa shape index (κ3) is 2.59. The predicted molar refractivity (Wildman–Crippen MR) is 78.5 cm³/mol. The van der Waals surface area contributed by atoms with Gasteiger partial charge >= 0.3 is 5.82 Å². The van der Waals surface area contributed by atoms with Gasteiger partial charge in [-0.3, -0.25) is 10.1 Å². The molecule has 2 aromatic carbocycles. The molecule has 0 aliphatic rings. The van der Waals surface area contributed by atoms with Crippen LogP contribution in [0.5, 0.6) is 0 Å². The molecule has 0 fully saturated rings.